The predicted molar refractivity (Wildman–Crippen MR) is 142 cm³/mol. The van der Waals surface area contributed by atoms with Crippen molar-refractivity contribution < 1.29 is 13.5 Å². The number of nitrogens with zero attached hydrogens (tertiary/aromatic N) is 6. The van der Waals surface area contributed by atoms with Crippen LogP contribution in [0.1, 0.15) is 37.8 Å². The molecule has 8 nitrogen and oxygen atoms in total. The quantitative estimate of drug-likeness (QED) is 0.376. The number of benzene rings is 2. The fraction of sp³-hybridized carbons (Fsp3) is 0.429. The van der Waals surface area contributed by atoms with Crippen molar-refractivity contribution in [3.05, 3.63) is 47.5 Å². The van der Waals surface area contributed by atoms with Crippen LogP contribution in [0.25, 0.3) is 33.1 Å². The molecule has 2 aromatic carbocycles. The maximum atomic E-state index is 16.3. The first-order valence-corrected chi connectivity index (χ1v) is 12.8. The van der Waals surface area contributed by atoms with Crippen LogP contribution in [0.5, 0.6) is 5.88 Å². The van der Waals surface area contributed by atoms with Gasteiger partial charge in [0.15, 0.2) is 11.3 Å². The predicted octanol–water partition coefficient (Wildman–Crippen LogP) is 4.77. The average molecular weight is 520 g/mol. The lowest BCUT2D eigenvalue weighted by atomic mass is 9.95. The van der Waals surface area contributed by atoms with Crippen LogP contribution in [-0.2, 0) is 0 Å². The van der Waals surface area contributed by atoms with Gasteiger partial charge in [-0.15, -0.1) is 5.10 Å². The zero-order valence-corrected chi connectivity index (χ0v) is 22.0. The van der Waals surface area contributed by atoms with Crippen LogP contribution in [0.3, 0.4) is 0 Å². The fourth-order valence-electron chi connectivity index (χ4n) is 5.42. The second-order valence-corrected chi connectivity index (χ2v) is 10.3. The molecular weight excluding hydrogens is 488 g/mol. The summed E-state index contributed by atoms with van der Waals surface area (Å²) in [6.07, 6.45) is 1.67. The number of piperidine rings is 1. The molecule has 4 aromatic rings. The minimum Gasteiger partial charge on any atom is -0.472 e. The molecule has 1 fully saturated rings. The minimum absolute atomic E-state index is 0.0163. The molecule has 5 rings (SSSR count). The van der Waals surface area contributed by atoms with E-state index in [9.17, 15) is 9.65 Å². The number of pyridine rings is 1. The highest BCUT2D eigenvalue weighted by Gasteiger charge is 2.29. The summed E-state index contributed by atoms with van der Waals surface area (Å²) in [6.45, 7) is 5.14. The van der Waals surface area contributed by atoms with E-state index in [0.717, 1.165) is 13.0 Å². The van der Waals surface area contributed by atoms with Gasteiger partial charge in [0.05, 0.1) is 18.5 Å². The first-order valence-electron chi connectivity index (χ1n) is 12.8. The van der Waals surface area contributed by atoms with Gasteiger partial charge in [-0.3, -0.25) is 0 Å². The number of nitriles is 1. The van der Waals surface area contributed by atoms with Crippen molar-refractivity contribution in [1.82, 2.24) is 30.2 Å². The highest BCUT2D eigenvalue weighted by atomic mass is 19.1. The maximum absolute atomic E-state index is 16.3. The van der Waals surface area contributed by atoms with Gasteiger partial charge < -0.3 is 15.0 Å². The van der Waals surface area contributed by atoms with Crippen LogP contribution in [-0.4, -0.2) is 64.2 Å². The SMILES string of the molecule is Cc1cc2c(nc(O[C@@H](C)CN(C)C)c3nnn([C@H]4CCN[C@H](CC#N)C4)c32)c(F)c1-c1ccc(F)cc1. The van der Waals surface area contributed by atoms with Crippen LogP contribution in [0.15, 0.2) is 30.3 Å². The summed E-state index contributed by atoms with van der Waals surface area (Å²) in [7, 11) is 3.90. The summed E-state index contributed by atoms with van der Waals surface area (Å²) in [5, 5.41) is 22.2. The van der Waals surface area contributed by atoms with Crippen LogP contribution in [0, 0.1) is 29.9 Å². The number of nitrogens with one attached hydrogen (secondary N) is 1. The number of ether oxygens (including phenoxy) is 1. The molecule has 0 unspecified atom stereocenters. The standard InChI is InChI=1S/C28H31F2N7O/c1-16-13-22-25(24(30)23(16)18-5-7-19(29)8-6-18)33-28(38-17(2)15-36(3)4)26-27(22)37(35-34-26)21-10-12-32-20(14-21)9-11-31/h5-8,13,17,20-21,32H,9-10,12,14-15H2,1-4H3/t17-,20+,21-/m0/s1. The summed E-state index contributed by atoms with van der Waals surface area (Å²) in [6, 6.07) is 9.94. The Morgan fingerprint density at radius 2 is 2.00 bits per heavy atom. The third-order valence-electron chi connectivity index (χ3n) is 7.02. The van der Waals surface area contributed by atoms with E-state index in [4.69, 9.17) is 4.74 Å². The summed E-state index contributed by atoms with van der Waals surface area (Å²) >= 11 is 0. The highest BCUT2D eigenvalue weighted by molar-refractivity contribution is 6.06. The van der Waals surface area contributed by atoms with Crippen molar-refractivity contribution in [2.24, 2.45) is 0 Å². The van der Waals surface area contributed by atoms with Crippen molar-refractivity contribution >= 4 is 21.9 Å². The average Bonchev–Trinajstić information content (AvgIpc) is 3.32. The Hall–Kier alpha value is -3.68. The van der Waals surface area contributed by atoms with Crippen molar-refractivity contribution in [2.45, 2.75) is 51.3 Å². The lowest BCUT2D eigenvalue weighted by Gasteiger charge is -2.29. The number of halogens is 2. The number of rotatable bonds is 7. The normalized spacial score (nSPS) is 18.7. The summed E-state index contributed by atoms with van der Waals surface area (Å²) < 4.78 is 38.0. The molecule has 3 heterocycles. The molecule has 2 aromatic heterocycles. The number of aryl methyl sites for hydroxylation is 1. The van der Waals surface area contributed by atoms with E-state index in [-0.39, 0.29) is 35.4 Å². The Bertz CT molecular complexity index is 1510. The van der Waals surface area contributed by atoms with Gasteiger partial charge in [0.1, 0.15) is 23.0 Å². The van der Waals surface area contributed by atoms with Gasteiger partial charge in [0.2, 0.25) is 5.88 Å². The Morgan fingerprint density at radius 3 is 2.71 bits per heavy atom. The first kappa shape index (κ1) is 25.9. The van der Waals surface area contributed by atoms with Crippen LogP contribution >= 0.6 is 0 Å². The van der Waals surface area contributed by atoms with Gasteiger partial charge in [-0.2, -0.15) is 5.26 Å². The van der Waals surface area contributed by atoms with E-state index < -0.39 is 5.82 Å². The van der Waals surface area contributed by atoms with Crippen molar-refractivity contribution in [3.8, 4) is 23.1 Å². The number of hydrogen-bond donors (Lipinski definition) is 1. The van der Waals surface area contributed by atoms with E-state index in [0.29, 0.717) is 52.5 Å². The summed E-state index contributed by atoms with van der Waals surface area (Å²) in [5.41, 5.74) is 2.93. The van der Waals surface area contributed by atoms with E-state index in [1.54, 1.807) is 12.1 Å². The molecule has 0 spiro atoms. The topological polar surface area (TPSA) is 91.9 Å². The third-order valence-corrected chi connectivity index (χ3v) is 7.02. The maximum Gasteiger partial charge on any atom is 0.245 e. The zero-order chi connectivity index (χ0) is 27.0. The van der Waals surface area contributed by atoms with E-state index >= 15 is 4.39 Å². The first-order chi connectivity index (χ1) is 18.3. The van der Waals surface area contributed by atoms with Crippen LogP contribution < -0.4 is 10.1 Å². The molecular formula is C28H31F2N7O. The fourth-order valence-corrected chi connectivity index (χ4v) is 5.42. The van der Waals surface area contributed by atoms with Crippen LogP contribution in [0.4, 0.5) is 8.78 Å². The largest absolute Gasteiger partial charge is 0.472 e. The number of hydrogen-bond acceptors (Lipinski definition) is 7. The zero-order valence-electron chi connectivity index (χ0n) is 22.0. The third kappa shape index (κ3) is 4.91. The van der Waals surface area contributed by atoms with E-state index in [2.05, 4.69) is 26.7 Å². The van der Waals surface area contributed by atoms with Crippen molar-refractivity contribution in [3.63, 3.8) is 0 Å². The molecule has 1 N–H and O–H groups in total. The Kier molecular flexibility index (Phi) is 7.23. The summed E-state index contributed by atoms with van der Waals surface area (Å²) in [4.78, 5) is 6.64. The van der Waals surface area contributed by atoms with Gasteiger partial charge in [0.25, 0.3) is 0 Å². The molecule has 1 aliphatic rings. The highest BCUT2D eigenvalue weighted by Crippen LogP contribution is 2.39. The van der Waals surface area contributed by atoms with E-state index in [1.807, 2.05) is 43.6 Å². The Balaban J connectivity index is 1.72. The summed E-state index contributed by atoms with van der Waals surface area (Å²) in [5.74, 6) is -0.660. The molecule has 0 amide bonds. The lowest BCUT2D eigenvalue weighted by Crippen LogP contribution is -2.38. The van der Waals surface area contributed by atoms with Crippen LogP contribution in [0.2, 0.25) is 0 Å². The van der Waals surface area contributed by atoms with Gasteiger partial charge in [0, 0.05) is 23.5 Å². The van der Waals surface area contributed by atoms with Gasteiger partial charge in [-0.1, -0.05) is 17.3 Å². The smallest absolute Gasteiger partial charge is 0.245 e. The van der Waals surface area contributed by atoms with E-state index in [1.165, 1.54) is 12.1 Å². The van der Waals surface area contributed by atoms with Gasteiger partial charge >= 0.3 is 0 Å². The Morgan fingerprint density at radius 1 is 1.24 bits per heavy atom. The molecule has 1 aliphatic heterocycles. The van der Waals surface area contributed by atoms with Crippen molar-refractivity contribution in [1.29, 1.82) is 5.26 Å². The molecule has 38 heavy (non-hydrogen) atoms. The monoisotopic (exact) mass is 519 g/mol. The van der Waals surface area contributed by atoms with Crippen molar-refractivity contribution in [2.75, 3.05) is 27.2 Å². The molecule has 3 atom stereocenters. The minimum atomic E-state index is -0.501. The van der Waals surface area contributed by atoms with Gasteiger partial charge in [-0.05, 0) is 76.7 Å². The molecule has 0 aliphatic carbocycles. The number of likely N-dealkylation sites (N-methyl/N-ethyl adjacent to an activating group) is 1. The number of fused-ring (bicyclic) bond motifs is 3. The molecule has 198 valence electrons. The van der Waals surface area contributed by atoms with Gasteiger partial charge in [-0.25, -0.2) is 18.4 Å². The second-order valence-electron chi connectivity index (χ2n) is 10.3. The lowest BCUT2D eigenvalue weighted by molar-refractivity contribution is 0.173. The molecule has 0 saturated carbocycles. The molecule has 0 radical (unpaired) electrons. The second kappa shape index (κ2) is 10.6. The molecule has 1 saturated heterocycles. The number of aromatic nitrogens is 4. The molecule has 0 bridgehead atoms. The Labute approximate surface area is 220 Å². The molecule has 10 heteroatoms.